The third-order valence-electron chi connectivity index (χ3n) is 4.32. The van der Waals surface area contributed by atoms with Gasteiger partial charge in [0.15, 0.2) is 25.3 Å². The summed E-state index contributed by atoms with van der Waals surface area (Å²) in [6.07, 6.45) is 4.77. The zero-order chi connectivity index (χ0) is 17.3. The second kappa shape index (κ2) is 6.38. The normalized spacial score (nSPS) is 13.3. The number of aliphatic hydroxyl groups excluding tert-OH is 1. The van der Waals surface area contributed by atoms with E-state index >= 15 is 0 Å². The molecule has 23 heavy (non-hydrogen) atoms. The highest BCUT2D eigenvalue weighted by atomic mass is 28.4. The number of nitrogen functional groups attached to an aromatic ring is 1. The van der Waals surface area contributed by atoms with Gasteiger partial charge in [0.05, 0.1) is 6.61 Å². The Bertz CT molecular complexity index is 718. The van der Waals surface area contributed by atoms with Crippen molar-refractivity contribution in [3.8, 4) is 0 Å². The number of hydrogen-bond donors (Lipinski definition) is 2. The van der Waals surface area contributed by atoms with Crippen LogP contribution in [0, 0.1) is 0 Å². The summed E-state index contributed by atoms with van der Waals surface area (Å²) >= 11 is 0. The molecule has 0 amide bonds. The van der Waals surface area contributed by atoms with E-state index in [0.29, 0.717) is 29.5 Å². The summed E-state index contributed by atoms with van der Waals surface area (Å²) in [6, 6.07) is 0. The van der Waals surface area contributed by atoms with Crippen LogP contribution in [0.15, 0.2) is 12.4 Å². The molecule has 0 radical (unpaired) electrons. The summed E-state index contributed by atoms with van der Waals surface area (Å²) < 4.78 is 8.13. The first-order chi connectivity index (χ1) is 10.7. The number of hydrogen-bond acceptors (Lipinski definition) is 6. The molecule has 0 aromatic carbocycles. The van der Waals surface area contributed by atoms with E-state index in [1.54, 1.807) is 12.2 Å². The number of rotatable bonds is 5. The van der Waals surface area contributed by atoms with Gasteiger partial charge >= 0.3 is 0 Å². The maximum atomic E-state index is 9.01. The molecule has 0 saturated heterocycles. The minimum absolute atomic E-state index is 0.0620. The van der Waals surface area contributed by atoms with E-state index in [1.165, 1.54) is 6.33 Å². The van der Waals surface area contributed by atoms with Crippen LogP contribution in [0.3, 0.4) is 0 Å². The number of anilines is 1. The van der Waals surface area contributed by atoms with Crippen LogP contribution in [0.5, 0.6) is 0 Å². The molecule has 2 aromatic rings. The molecule has 2 heterocycles. The van der Waals surface area contributed by atoms with Crippen molar-refractivity contribution in [3.05, 3.63) is 18.2 Å². The van der Waals surface area contributed by atoms with Crippen molar-refractivity contribution >= 4 is 31.4 Å². The third kappa shape index (κ3) is 3.60. The summed E-state index contributed by atoms with van der Waals surface area (Å²) in [7, 11) is -1.91. The quantitative estimate of drug-likeness (QED) is 0.814. The van der Waals surface area contributed by atoms with Gasteiger partial charge in [0.2, 0.25) is 0 Å². The molecule has 3 N–H and O–H groups in total. The number of nitrogens with two attached hydrogens (primary N) is 1. The van der Waals surface area contributed by atoms with Gasteiger partial charge in [0.1, 0.15) is 18.9 Å². The monoisotopic (exact) mass is 335 g/mol. The first-order valence-electron chi connectivity index (χ1n) is 7.55. The highest BCUT2D eigenvalue weighted by molar-refractivity contribution is 6.74. The fraction of sp³-hybridized carbons (Fsp3) is 0.533. The molecule has 0 atom stereocenters. The smallest absolute Gasteiger partial charge is 0.194 e. The van der Waals surface area contributed by atoms with Gasteiger partial charge in [-0.25, -0.2) is 15.0 Å². The van der Waals surface area contributed by atoms with Crippen molar-refractivity contribution < 1.29 is 9.53 Å². The van der Waals surface area contributed by atoms with Gasteiger partial charge in [-0.15, -0.1) is 0 Å². The number of aromatic nitrogens is 4. The molecular weight excluding hydrogens is 310 g/mol. The number of imidazole rings is 1. The Morgan fingerprint density at radius 2 is 2.04 bits per heavy atom. The average Bonchev–Trinajstić information content (AvgIpc) is 2.81. The van der Waals surface area contributed by atoms with Crippen molar-refractivity contribution in [1.29, 1.82) is 0 Å². The standard InChI is InChI=1S/C15H25N5O2Si/c1-15(2,3)23(4,5)22-10-20-11(7-6-8-21)19-12-13(16)17-9-18-14(12)20/h6-7,9,21H,8,10H2,1-5H3,(H2,16,17,18)/b7-6-. The highest BCUT2D eigenvalue weighted by Crippen LogP contribution is 2.37. The molecule has 8 heteroatoms. The Hall–Kier alpha value is -1.77. The third-order valence-corrected chi connectivity index (χ3v) is 8.79. The second-order valence-electron chi connectivity index (χ2n) is 6.95. The minimum Gasteiger partial charge on any atom is -0.399 e. The predicted molar refractivity (Wildman–Crippen MR) is 94.1 cm³/mol. The van der Waals surface area contributed by atoms with Gasteiger partial charge in [-0.3, -0.25) is 4.57 Å². The van der Waals surface area contributed by atoms with Gasteiger partial charge in [-0.2, -0.15) is 0 Å². The fourth-order valence-corrected chi connectivity index (χ4v) is 2.71. The first-order valence-corrected chi connectivity index (χ1v) is 10.5. The molecule has 0 unspecified atom stereocenters. The Labute approximate surface area is 137 Å². The molecule has 0 fully saturated rings. The second-order valence-corrected chi connectivity index (χ2v) is 11.8. The van der Waals surface area contributed by atoms with Gasteiger partial charge in [0.25, 0.3) is 0 Å². The summed E-state index contributed by atoms with van der Waals surface area (Å²) in [5.41, 5.74) is 7.06. The zero-order valence-corrected chi connectivity index (χ0v) is 15.4. The van der Waals surface area contributed by atoms with Crippen molar-refractivity contribution in [3.63, 3.8) is 0 Å². The molecule has 0 aliphatic carbocycles. The number of aliphatic hydroxyl groups is 1. The largest absolute Gasteiger partial charge is 0.399 e. The zero-order valence-electron chi connectivity index (χ0n) is 14.4. The lowest BCUT2D eigenvalue weighted by Gasteiger charge is -2.36. The SMILES string of the molecule is CC(C)(C)[Si](C)(C)OCn1c(/C=C\CO)nc2c(N)ncnc21. The Balaban J connectivity index is 2.42. The molecule has 0 aliphatic heterocycles. The predicted octanol–water partition coefficient (Wildman–Crippen LogP) is 2.39. The fourth-order valence-electron chi connectivity index (χ4n) is 1.83. The van der Waals surface area contributed by atoms with Crippen LogP contribution in [0.2, 0.25) is 18.1 Å². The van der Waals surface area contributed by atoms with E-state index in [4.69, 9.17) is 15.3 Å². The summed E-state index contributed by atoms with van der Waals surface area (Å²) in [4.78, 5) is 12.7. The van der Waals surface area contributed by atoms with Crippen molar-refractivity contribution in [2.75, 3.05) is 12.3 Å². The summed E-state index contributed by atoms with van der Waals surface area (Å²) in [5.74, 6) is 0.972. The highest BCUT2D eigenvalue weighted by Gasteiger charge is 2.37. The average molecular weight is 335 g/mol. The molecular formula is C15H25N5O2Si. The van der Waals surface area contributed by atoms with Crippen molar-refractivity contribution in [2.24, 2.45) is 0 Å². The molecule has 0 aliphatic rings. The van der Waals surface area contributed by atoms with Crippen LogP contribution < -0.4 is 5.73 Å². The summed E-state index contributed by atoms with van der Waals surface area (Å²) in [5, 5.41) is 9.12. The Morgan fingerprint density at radius 1 is 1.35 bits per heavy atom. The lowest BCUT2D eigenvalue weighted by Crippen LogP contribution is -2.41. The van der Waals surface area contributed by atoms with Gasteiger partial charge in [-0.05, 0) is 24.2 Å². The van der Waals surface area contributed by atoms with Gasteiger partial charge in [-0.1, -0.05) is 26.8 Å². The molecule has 2 rings (SSSR count). The van der Waals surface area contributed by atoms with Crippen molar-refractivity contribution in [2.45, 2.75) is 45.6 Å². The topological polar surface area (TPSA) is 99.1 Å². The minimum atomic E-state index is -1.91. The molecule has 0 spiro atoms. The molecule has 0 bridgehead atoms. The van der Waals surface area contributed by atoms with Gasteiger partial charge < -0.3 is 15.3 Å². The lowest BCUT2D eigenvalue weighted by atomic mass is 10.2. The van der Waals surface area contributed by atoms with Crippen LogP contribution >= 0.6 is 0 Å². The Kier molecular flexibility index (Phi) is 4.88. The van der Waals surface area contributed by atoms with Crippen molar-refractivity contribution in [1.82, 2.24) is 19.5 Å². The van der Waals surface area contributed by atoms with Gasteiger partial charge in [0, 0.05) is 0 Å². The van der Waals surface area contributed by atoms with E-state index in [2.05, 4.69) is 48.8 Å². The molecule has 2 aromatic heterocycles. The number of fused-ring (bicyclic) bond motifs is 1. The van der Waals surface area contributed by atoms with Crippen LogP contribution in [-0.4, -0.2) is 39.5 Å². The van der Waals surface area contributed by atoms with Crippen LogP contribution in [0.4, 0.5) is 5.82 Å². The van der Waals surface area contributed by atoms with E-state index in [0.717, 1.165) is 0 Å². The van der Waals surface area contributed by atoms with E-state index in [-0.39, 0.29) is 11.6 Å². The van der Waals surface area contributed by atoms with Crippen LogP contribution in [0.25, 0.3) is 17.2 Å². The van der Waals surface area contributed by atoms with Crippen LogP contribution in [0.1, 0.15) is 26.6 Å². The number of nitrogens with zero attached hydrogens (tertiary/aromatic N) is 4. The maximum Gasteiger partial charge on any atom is 0.194 e. The van der Waals surface area contributed by atoms with E-state index in [1.807, 2.05) is 4.57 Å². The van der Waals surface area contributed by atoms with Crippen LogP contribution in [-0.2, 0) is 11.2 Å². The lowest BCUT2D eigenvalue weighted by molar-refractivity contribution is 0.215. The molecule has 7 nitrogen and oxygen atoms in total. The summed E-state index contributed by atoms with van der Waals surface area (Å²) in [6.45, 7) is 11.2. The Morgan fingerprint density at radius 3 is 2.65 bits per heavy atom. The molecule has 126 valence electrons. The first kappa shape index (κ1) is 17.6. The van der Waals surface area contributed by atoms with E-state index in [9.17, 15) is 0 Å². The van der Waals surface area contributed by atoms with E-state index < -0.39 is 8.32 Å². The maximum absolute atomic E-state index is 9.01. The molecule has 0 saturated carbocycles.